The molecule has 2 N–H and O–H groups in total. The molecule has 3 aromatic carbocycles. The van der Waals surface area contributed by atoms with Gasteiger partial charge in [-0.15, -0.1) is 0 Å². The van der Waals surface area contributed by atoms with Gasteiger partial charge in [0.15, 0.2) is 0 Å². The van der Waals surface area contributed by atoms with Crippen molar-refractivity contribution in [1.29, 1.82) is 0 Å². The van der Waals surface area contributed by atoms with Gasteiger partial charge in [0.25, 0.3) is 11.5 Å². The maximum atomic E-state index is 13.2. The Morgan fingerprint density at radius 1 is 0.970 bits per heavy atom. The van der Waals surface area contributed by atoms with E-state index in [2.05, 4.69) is 15.6 Å². The van der Waals surface area contributed by atoms with E-state index in [0.29, 0.717) is 39.4 Å². The molecule has 0 aliphatic rings. The van der Waals surface area contributed by atoms with E-state index in [1.807, 2.05) is 6.07 Å². The van der Waals surface area contributed by atoms with Crippen molar-refractivity contribution in [3.8, 4) is 5.75 Å². The standard InChI is InChI=1S/C25H22N4O4/c1-16-26-20-13-12-18(27-24(31)17-8-4-3-5-9-17)14-19(20)25(32)29(16)15-23(30)28-21-10-6-7-11-22(21)33-2/h3-14H,15H2,1-2H3,(H,27,31)(H,28,30). The van der Waals surface area contributed by atoms with Crippen LogP contribution in [0.2, 0.25) is 0 Å². The molecule has 166 valence electrons. The van der Waals surface area contributed by atoms with Crippen LogP contribution in [0.15, 0.2) is 77.6 Å². The number of nitrogens with zero attached hydrogens (tertiary/aromatic N) is 2. The van der Waals surface area contributed by atoms with Crippen LogP contribution < -0.4 is 20.9 Å². The lowest BCUT2D eigenvalue weighted by Gasteiger charge is -2.13. The molecule has 0 spiro atoms. The summed E-state index contributed by atoms with van der Waals surface area (Å²) in [5.41, 5.74) is 1.59. The normalized spacial score (nSPS) is 10.6. The van der Waals surface area contributed by atoms with E-state index >= 15 is 0 Å². The summed E-state index contributed by atoms with van der Waals surface area (Å²) in [6.07, 6.45) is 0. The lowest BCUT2D eigenvalue weighted by atomic mass is 10.2. The number of fused-ring (bicyclic) bond motifs is 1. The van der Waals surface area contributed by atoms with E-state index in [0.717, 1.165) is 0 Å². The number of carbonyl (C=O) groups is 2. The van der Waals surface area contributed by atoms with Crippen LogP contribution in [0.4, 0.5) is 11.4 Å². The molecule has 0 aliphatic carbocycles. The molecule has 0 bridgehead atoms. The van der Waals surface area contributed by atoms with Crippen LogP contribution in [0.1, 0.15) is 16.2 Å². The fraction of sp³-hybridized carbons (Fsp3) is 0.120. The zero-order valence-electron chi connectivity index (χ0n) is 18.2. The number of aryl methyl sites for hydroxylation is 1. The van der Waals surface area contributed by atoms with Crippen molar-refractivity contribution in [2.24, 2.45) is 0 Å². The van der Waals surface area contributed by atoms with Crippen LogP contribution in [-0.4, -0.2) is 28.5 Å². The van der Waals surface area contributed by atoms with Gasteiger partial charge in [0, 0.05) is 11.3 Å². The second kappa shape index (κ2) is 9.35. The number of para-hydroxylation sites is 2. The van der Waals surface area contributed by atoms with Crippen LogP contribution in [0.3, 0.4) is 0 Å². The molecule has 0 radical (unpaired) electrons. The first-order chi connectivity index (χ1) is 16.0. The third kappa shape index (κ3) is 4.74. The maximum absolute atomic E-state index is 13.2. The first kappa shape index (κ1) is 21.8. The van der Waals surface area contributed by atoms with E-state index < -0.39 is 0 Å². The molecule has 0 aliphatic heterocycles. The van der Waals surface area contributed by atoms with Crippen LogP contribution in [0, 0.1) is 6.92 Å². The van der Waals surface area contributed by atoms with Crippen LogP contribution in [0.25, 0.3) is 10.9 Å². The van der Waals surface area contributed by atoms with Gasteiger partial charge in [-0.1, -0.05) is 30.3 Å². The largest absolute Gasteiger partial charge is 0.495 e. The number of hydrogen-bond acceptors (Lipinski definition) is 5. The molecule has 8 nitrogen and oxygen atoms in total. The Bertz CT molecular complexity index is 1400. The molecular formula is C25H22N4O4. The Hall–Kier alpha value is -4.46. The summed E-state index contributed by atoms with van der Waals surface area (Å²) < 4.78 is 6.55. The highest BCUT2D eigenvalue weighted by Gasteiger charge is 2.14. The number of anilines is 2. The van der Waals surface area contributed by atoms with E-state index in [-0.39, 0.29) is 23.9 Å². The van der Waals surface area contributed by atoms with E-state index in [4.69, 9.17) is 4.74 Å². The Kier molecular flexibility index (Phi) is 6.17. The highest BCUT2D eigenvalue weighted by atomic mass is 16.5. The summed E-state index contributed by atoms with van der Waals surface area (Å²) in [4.78, 5) is 42.7. The molecule has 33 heavy (non-hydrogen) atoms. The maximum Gasteiger partial charge on any atom is 0.261 e. The molecule has 4 aromatic rings. The SMILES string of the molecule is COc1ccccc1NC(=O)Cn1c(C)nc2ccc(NC(=O)c3ccccc3)cc2c1=O. The topological polar surface area (TPSA) is 102 Å². The number of nitrogens with one attached hydrogen (secondary N) is 2. The Balaban J connectivity index is 1.60. The van der Waals surface area contributed by atoms with Crippen LogP contribution in [0.5, 0.6) is 5.75 Å². The van der Waals surface area contributed by atoms with Crippen molar-refractivity contribution in [3.63, 3.8) is 0 Å². The molecule has 1 heterocycles. The summed E-state index contributed by atoms with van der Waals surface area (Å²) >= 11 is 0. The number of methoxy groups -OCH3 is 1. The minimum atomic E-state index is -0.389. The van der Waals surface area contributed by atoms with Crippen molar-refractivity contribution in [3.05, 3.63) is 94.5 Å². The van der Waals surface area contributed by atoms with Crippen molar-refractivity contribution >= 4 is 34.1 Å². The van der Waals surface area contributed by atoms with Gasteiger partial charge in [-0.2, -0.15) is 0 Å². The molecule has 4 rings (SSSR count). The third-order valence-electron chi connectivity index (χ3n) is 5.12. The lowest BCUT2D eigenvalue weighted by Crippen LogP contribution is -2.30. The van der Waals surface area contributed by atoms with Crippen molar-refractivity contribution in [2.45, 2.75) is 13.5 Å². The minimum absolute atomic E-state index is 0.216. The first-order valence-electron chi connectivity index (χ1n) is 10.3. The molecule has 0 fully saturated rings. The molecule has 0 saturated carbocycles. The number of amides is 2. The van der Waals surface area contributed by atoms with Crippen molar-refractivity contribution < 1.29 is 14.3 Å². The van der Waals surface area contributed by atoms with Gasteiger partial charge in [-0.25, -0.2) is 4.98 Å². The number of aromatic nitrogens is 2. The van der Waals surface area contributed by atoms with Crippen LogP contribution in [-0.2, 0) is 11.3 Å². The number of hydrogen-bond donors (Lipinski definition) is 2. The smallest absolute Gasteiger partial charge is 0.261 e. The minimum Gasteiger partial charge on any atom is -0.495 e. The summed E-state index contributed by atoms with van der Waals surface area (Å²) in [5, 5.41) is 5.85. The molecule has 2 amide bonds. The molecule has 8 heteroatoms. The predicted octanol–water partition coefficient (Wildman–Crippen LogP) is 3.60. The highest BCUT2D eigenvalue weighted by Crippen LogP contribution is 2.23. The van der Waals surface area contributed by atoms with E-state index in [1.54, 1.807) is 73.7 Å². The lowest BCUT2D eigenvalue weighted by molar-refractivity contribution is -0.116. The molecular weight excluding hydrogens is 420 g/mol. The average molecular weight is 442 g/mol. The monoisotopic (exact) mass is 442 g/mol. The van der Waals surface area contributed by atoms with Crippen LogP contribution >= 0.6 is 0 Å². The Morgan fingerprint density at radius 2 is 1.70 bits per heavy atom. The zero-order valence-corrected chi connectivity index (χ0v) is 18.2. The Morgan fingerprint density at radius 3 is 2.45 bits per heavy atom. The average Bonchev–Trinajstić information content (AvgIpc) is 2.83. The fourth-order valence-electron chi connectivity index (χ4n) is 3.47. The summed E-state index contributed by atoms with van der Waals surface area (Å²) in [5.74, 6) is 0.250. The van der Waals surface area contributed by atoms with Gasteiger partial charge in [0.2, 0.25) is 5.91 Å². The van der Waals surface area contributed by atoms with Crippen molar-refractivity contribution in [1.82, 2.24) is 9.55 Å². The molecule has 1 aromatic heterocycles. The first-order valence-corrected chi connectivity index (χ1v) is 10.3. The second-order valence-corrected chi connectivity index (χ2v) is 7.35. The highest BCUT2D eigenvalue weighted by molar-refractivity contribution is 6.05. The number of rotatable bonds is 6. The number of benzene rings is 3. The Labute approximate surface area is 189 Å². The second-order valence-electron chi connectivity index (χ2n) is 7.35. The predicted molar refractivity (Wildman–Crippen MR) is 127 cm³/mol. The summed E-state index contributed by atoms with van der Waals surface area (Å²) in [6.45, 7) is 1.45. The number of ether oxygens (including phenoxy) is 1. The van der Waals surface area contributed by atoms with E-state index in [1.165, 1.54) is 11.7 Å². The van der Waals surface area contributed by atoms with Gasteiger partial charge < -0.3 is 15.4 Å². The number of carbonyl (C=O) groups excluding carboxylic acids is 2. The molecule has 0 atom stereocenters. The van der Waals surface area contributed by atoms with E-state index in [9.17, 15) is 14.4 Å². The van der Waals surface area contributed by atoms with Gasteiger partial charge >= 0.3 is 0 Å². The summed E-state index contributed by atoms with van der Waals surface area (Å²) in [7, 11) is 1.51. The van der Waals surface area contributed by atoms with Gasteiger partial charge in [0.05, 0.1) is 23.7 Å². The summed E-state index contributed by atoms with van der Waals surface area (Å²) in [6, 6.07) is 20.7. The molecule has 0 saturated heterocycles. The molecule has 0 unspecified atom stereocenters. The van der Waals surface area contributed by atoms with Gasteiger partial charge in [-0.3, -0.25) is 19.0 Å². The van der Waals surface area contributed by atoms with Gasteiger partial charge in [-0.05, 0) is 49.4 Å². The fourth-order valence-corrected chi connectivity index (χ4v) is 3.47. The quantitative estimate of drug-likeness (QED) is 0.475. The van der Waals surface area contributed by atoms with Gasteiger partial charge in [0.1, 0.15) is 18.1 Å². The van der Waals surface area contributed by atoms with Crippen molar-refractivity contribution in [2.75, 3.05) is 17.7 Å². The third-order valence-corrected chi connectivity index (χ3v) is 5.12. The zero-order chi connectivity index (χ0) is 23.4.